The van der Waals surface area contributed by atoms with Crippen molar-refractivity contribution in [1.29, 1.82) is 0 Å². The Morgan fingerprint density at radius 1 is 1.23 bits per heavy atom. The normalized spacial score (nSPS) is 10.3. The summed E-state index contributed by atoms with van der Waals surface area (Å²) in [5.41, 5.74) is 2.28. The van der Waals surface area contributed by atoms with Gasteiger partial charge in [-0.2, -0.15) is 0 Å². The molecule has 5 nitrogen and oxygen atoms in total. The van der Waals surface area contributed by atoms with Gasteiger partial charge in [0.1, 0.15) is 5.69 Å². The lowest BCUT2D eigenvalue weighted by Gasteiger charge is -2.16. The second-order valence-corrected chi connectivity index (χ2v) is 5.18. The molecule has 116 valence electrons. The summed E-state index contributed by atoms with van der Waals surface area (Å²) in [5.74, 6) is -0.0464. The van der Waals surface area contributed by atoms with Gasteiger partial charge in [-0.1, -0.05) is 19.4 Å². The van der Waals surface area contributed by atoms with Crippen LogP contribution in [0.3, 0.4) is 0 Å². The van der Waals surface area contributed by atoms with Crippen LogP contribution in [0.1, 0.15) is 35.9 Å². The molecular weight excluding hydrogens is 276 g/mol. The highest BCUT2D eigenvalue weighted by molar-refractivity contribution is 5.92. The predicted octanol–water partition coefficient (Wildman–Crippen LogP) is 2.96. The molecule has 0 fully saturated rings. The lowest BCUT2D eigenvalue weighted by atomic mass is 10.2. The van der Waals surface area contributed by atoms with Crippen molar-refractivity contribution < 1.29 is 4.79 Å². The van der Waals surface area contributed by atoms with E-state index in [0.29, 0.717) is 12.2 Å². The molecule has 1 amide bonds. The van der Waals surface area contributed by atoms with E-state index in [1.165, 1.54) is 0 Å². The molecule has 0 aliphatic rings. The van der Waals surface area contributed by atoms with E-state index in [-0.39, 0.29) is 5.91 Å². The van der Waals surface area contributed by atoms with Crippen molar-refractivity contribution in [3.05, 3.63) is 54.1 Å². The van der Waals surface area contributed by atoms with Crippen LogP contribution in [0.15, 0.2) is 42.7 Å². The summed E-state index contributed by atoms with van der Waals surface area (Å²) >= 11 is 0. The van der Waals surface area contributed by atoms with Gasteiger partial charge >= 0.3 is 0 Å². The SMILES string of the molecule is CCCCN(C)C(=O)c1cc(NCc2ccccn2)ccn1. The fraction of sp³-hybridized carbons (Fsp3) is 0.353. The van der Waals surface area contributed by atoms with Gasteiger partial charge in [-0.15, -0.1) is 0 Å². The number of aromatic nitrogens is 2. The van der Waals surface area contributed by atoms with Crippen molar-refractivity contribution in [2.75, 3.05) is 18.9 Å². The first-order valence-electron chi connectivity index (χ1n) is 7.56. The molecule has 0 atom stereocenters. The maximum absolute atomic E-state index is 12.3. The zero-order valence-electron chi connectivity index (χ0n) is 13.1. The summed E-state index contributed by atoms with van der Waals surface area (Å²) in [5, 5.41) is 3.27. The molecule has 0 radical (unpaired) electrons. The topological polar surface area (TPSA) is 58.1 Å². The van der Waals surface area contributed by atoms with Crippen LogP contribution in [-0.2, 0) is 6.54 Å². The lowest BCUT2D eigenvalue weighted by molar-refractivity contribution is 0.0787. The molecule has 0 aromatic carbocycles. The number of carbonyl (C=O) groups is 1. The molecule has 2 aromatic heterocycles. The fourth-order valence-corrected chi connectivity index (χ4v) is 2.05. The number of anilines is 1. The van der Waals surface area contributed by atoms with Crippen molar-refractivity contribution in [2.24, 2.45) is 0 Å². The molecule has 0 spiro atoms. The minimum Gasteiger partial charge on any atom is -0.379 e. The molecule has 2 aromatic rings. The molecule has 0 unspecified atom stereocenters. The number of carbonyl (C=O) groups excluding carboxylic acids is 1. The Morgan fingerprint density at radius 2 is 2.09 bits per heavy atom. The zero-order valence-corrected chi connectivity index (χ0v) is 13.1. The largest absolute Gasteiger partial charge is 0.379 e. The zero-order chi connectivity index (χ0) is 15.8. The van der Waals surface area contributed by atoms with Crippen LogP contribution in [0.2, 0.25) is 0 Å². The van der Waals surface area contributed by atoms with Crippen LogP contribution in [0.25, 0.3) is 0 Å². The van der Waals surface area contributed by atoms with Crippen LogP contribution < -0.4 is 5.32 Å². The van der Waals surface area contributed by atoms with Gasteiger partial charge in [0.15, 0.2) is 0 Å². The van der Waals surface area contributed by atoms with E-state index in [1.54, 1.807) is 23.4 Å². The number of unbranched alkanes of at least 4 members (excludes halogenated alkanes) is 1. The van der Waals surface area contributed by atoms with Crippen LogP contribution >= 0.6 is 0 Å². The summed E-state index contributed by atoms with van der Waals surface area (Å²) in [6, 6.07) is 9.44. The van der Waals surface area contributed by atoms with Crippen LogP contribution in [0.5, 0.6) is 0 Å². The smallest absolute Gasteiger partial charge is 0.272 e. The third kappa shape index (κ3) is 4.55. The molecule has 2 rings (SSSR count). The standard InChI is InChI=1S/C17H22N4O/c1-3-4-11-21(2)17(22)16-12-14(8-10-19-16)20-13-15-7-5-6-9-18-15/h5-10,12H,3-4,11,13H2,1-2H3,(H,19,20). The van der Waals surface area contributed by atoms with Gasteiger partial charge in [0, 0.05) is 31.7 Å². The number of hydrogen-bond acceptors (Lipinski definition) is 4. The molecular formula is C17H22N4O. The molecule has 22 heavy (non-hydrogen) atoms. The highest BCUT2D eigenvalue weighted by Crippen LogP contribution is 2.11. The molecule has 2 heterocycles. The average Bonchev–Trinajstić information content (AvgIpc) is 2.58. The molecule has 5 heteroatoms. The second kappa shape index (κ2) is 8.12. The van der Waals surface area contributed by atoms with Crippen molar-refractivity contribution in [3.8, 4) is 0 Å². The van der Waals surface area contributed by atoms with Gasteiger partial charge in [-0.25, -0.2) is 0 Å². The summed E-state index contributed by atoms with van der Waals surface area (Å²) in [4.78, 5) is 22.5. The van der Waals surface area contributed by atoms with Crippen molar-refractivity contribution in [1.82, 2.24) is 14.9 Å². The Labute approximate surface area is 131 Å². The third-order valence-corrected chi connectivity index (χ3v) is 3.37. The average molecular weight is 298 g/mol. The van der Waals surface area contributed by atoms with E-state index in [4.69, 9.17) is 0 Å². The maximum Gasteiger partial charge on any atom is 0.272 e. The summed E-state index contributed by atoms with van der Waals surface area (Å²) in [7, 11) is 1.81. The van der Waals surface area contributed by atoms with Crippen molar-refractivity contribution >= 4 is 11.6 Å². The van der Waals surface area contributed by atoms with Gasteiger partial charge in [-0.3, -0.25) is 14.8 Å². The first-order chi connectivity index (χ1) is 10.7. The Morgan fingerprint density at radius 3 is 2.82 bits per heavy atom. The number of nitrogens with zero attached hydrogens (tertiary/aromatic N) is 3. The van der Waals surface area contributed by atoms with E-state index in [0.717, 1.165) is 30.8 Å². The maximum atomic E-state index is 12.3. The molecule has 0 aliphatic heterocycles. The van der Waals surface area contributed by atoms with E-state index in [1.807, 2.05) is 31.3 Å². The van der Waals surface area contributed by atoms with E-state index in [9.17, 15) is 4.79 Å². The minimum absolute atomic E-state index is 0.0464. The number of hydrogen-bond donors (Lipinski definition) is 1. The van der Waals surface area contributed by atoms with E-state index in [2.05, 4.69) is 22.2 Å². The molecule has 0 aliphatic carbocycles. The van der Waals surface area contributed by atoms with Gasteiger partial charge in [0.05, 0.1) is 12.2 Å². The van der Waals surface area contributed by atoms with Crippen LogP contribution in [0.4, 0.5) is 5.69 Å². The number of pyridine rings is 2. The summed E-state index contributed by atoms with van der Waals surface area (Å²) in [6.45, 7) is 3.48. The van der Waals surface area contributed by atoms with Gasteiger partial charge in [-0.05, 0) is 30.7 Å². The number of amides is 1. The van der Waals surface area contributed by atoms with E-state index < -0.39 is 0 Å². The molecule has 0 saturated heterocycles. The third-order valence-electron chi connectivity index (χ3n) is 3.37. The fourth-order valence-electron chi connectivity index (χ4n) is 2.05. The Balaban J connectivity index is 1.98. The molecule has 0 saturated carbocycles. The van der Waals surface area contributed by atoms with Gasteiger partial charge < -0.3 is 10.2 Å². The Hall–Kier alpha value is -2.43. The summed E-state index contributed by atoms with van der Waals surface area (Å²) < 4.78 is 0. The first-order valence-corrected chi connectivity index (χ1v) is 7.56. The highest BCUT2D eigenvalue weighted by Gasteiger charge is 2.12. The van der Waals surface area contributed by atoms with Gasteiger partial charge in [0.25, 0.3) is 5.91 Å². The van der Waals surface area contributed by atoms with Crippen LogP contribution in [-0.4, -0.2) is 34.4 Å². The van der Waals surface area contributed by atoms with E-state index >= 15 is 0 Å². The van der Waals surface area contributed by atoms with Crippen molar-refractivity contribution in [2.45, 2.75) is 26.3 Å². The Kier molecular flexibility index (Phi) is 5.89. The molecule has 0 bridgehead atoms. The first kappa shape index (κ1) is 15.9. The lowest BCUT2D eigenvalue weighted by Crippen LogP contribution is -2.28. The number of rotatable bonds is 7. The number of nitrogens with one attached hydrogen (secondary N) is 1. The second-order valence-electron chi connectivity index (χ2n) is 5.18. The highest BCUT2D eigenvalue weighted by atomic mass is 16.2. The minimum atomic E-state index is -0.0464. The summed E-state index contributed by atoms with van der Waals surface area (Å²) in [6.07, 6.45) is 5.49. The van der Waals surface area contributed by atoms with Crippen molar-refractivity contribution in [3.63, 3.8) is 0 Å². The van der Waals surface area contributed by atoms with Crippen LogP contribution in [0, 0.1) is 0 Å². The van der Waals surface area contributed by atoms with Gasteiger partial charge in [0.2, 0.25) is 0 Å². The quantitative estimate of drug-likeness (QED) is 0.854. The molecule has 1 N–H and O–H groups in total. The predicted molar refractivity (Wildman–Crippen MR) is 87.7 cm³/mol. The monoisotopic (exact) mass is 298 g/mol. The Bertz CT molecular complexity index is 601.